The van der Waals surface area contributed by atoms with E-state index in [1.54, 1.807) is 13.1 Å². The summed E-state index contributed by atoms with van der Waals surface area (Å²) in [6.45, 7) is 5.80. The van der Waals surface area contributed by atoms with Gasteiger partial charge in [-0.3, -0.25) is 4.79 Å². The summed E-state index contributed by atoms with van der Waals surface area (Å²) in [7, 11) is 0.536. The van der Waals surface area contributed by atoms with Crippen LogP contribution in [0.2, 0.25) is 0 Å². The van der Waals surface area contributed by atoms with Gasteiger partial charge in [-0.25, -0.2) is 8.93 Å². The first-order valence-corrected chi connectivity index (χ1v) is 9.39. The van der Waals surface area contributed by atoms with Gasteiger partial charge in [0.05, 0.1) is 23.2 Å². The van der Waals surface area contributed by atoms with Gasteiger partial charge < -0.3 is 5.11 Å². The molecule has 2 atom stereocenters. The van der Waals surface area contributed by atoms with Crippen molar-refractivity contribution >= 4 is 22.5 Å². The predicted octanol–water partition coefficient (Wildman–Crippen LogP) is 3.62. The molecule has 0 amide bonds. The highest BCUT2D eigenvalue weighted by Gasteiger charge is 2.17. The lowest BCUT2D eigenvalue weighted by atomic mass is 9.85. The maximum atomic E-state index is 11.9. The van der Waals surface area contributed by atoms with Gasteiger partial charge in [-0.2, -0.15) is 0 Å². The maximum absolute atomic E-state index is 11.9. The van der Waals surface area contributed by atoms with E-state index in [2.05, 4.69) is 17.4 Å². The Bertz CT molecular complexity index is 790. The molecule has 1 aliphatic rings. The predicted molar refractivity (Wildman–Crippen MR) is 103 cm³/mol. The summed E-state index contributed by atoms with van der Waals surface area (Å²) in [5.41, 5.74) is 4.66. The minimum absolute atomic E-state index is 0.0494. The second-order valence-corrected chi connectivity index (χ2v) is 7.24. The molecule has 0 aliphatic heterocycles. The first-order chi connectivity index (χ1) is 12.0. The third-order valence-corrected chi connectivity index (χ3v) is 5.20. The molecule has 0 fully saturated rings. The third kappa shape index (κ3) is 4.87. The molecule has 132 valence electrons. The Labute approximate surface area is 151 Å². The van der Waals surface area contributed by atoms with Crippen LogP contribution in [0.5, 0.6) is 0 Å². The number of carboxylic acid groups (broad SMARTS) is 1. The van der Waals surface area contributed by atoms with Crippen molar-refractivity contribution in [1.29, 1.82) is 0 Å². The smallest absolute Gasteiger partial charge is 0.307 e. The molecule has 0 saturated heterocycles. The number of nitrogens with one attached hydrogen (secondary N) is 1. The van der Waals surface area contributed by atoms with Gasteiger partial charge in [0.15, 0.2) is 0 Å². The lowest BCUT2D eigenvalue weighted by Crippen LogP contribution is -2.13. The molecule has 5 heteroatoms. The fraction of sp³-hybridized carbons (Fsp3) is 0.250. The molecule has 25 heavy (non-hydrogen) atoms. The SMILES string of the molecule is C=C/C(CC(=O)O)=C1/C=C(c2ccccc2CS(=O)NC)C=CC1C. The lowest BCUT2D eigenvalue weighted by Gasteiger charge is -2.20. The van der Waals surface area contributed by atoms with E-state index >= 15 is 0 Å². The molecule has 0 heterocycles. The highest BCUT2D eigenvalue weighted by atomic mass is 32.2. The standard InChI is InChI=1S/C20H23NO3S/c1-4-15(12-20(22)23)19-11-16(10-9-14(19)2)18-8-6-5-7-17(18)13-25(24)21-3/h4-11,14,21H,1,12-13H2,2-3H3,(H,22,23)/b19-15+. The average Bonchev–Trinajstić information content (AvgIpc) is 2.60. The van der Waals surface area contributed by atoms with Crippen LogP contribution < -0.4 is 4.72 Å². The Kier molecular flexibility index (Phi) is 6.67. The van der Waals surface area contributed by atoms with Gasteiger partial charge in [-0.05, 0) is 40.8 Å². The number of aliphatic carboxylic acids is 1. The van der Waals surface area contributed by atoms with E-state index in [1.165, 1.54) is 0 Å². The molecule has 2 N–H and O–H groups in total. The Morgan fingerprint density at radius 1 is 1.40 bits per heavy atom. The molecular formula is C20H23NO3S. The quantitative estimate of drug-likeness (QED) is 0.783. The van der Waals surface area contributed by atoms with Crippen molar-refractivity contribution in [3.05, 3.63) is 77.4 Å². The second-order valence-electron chi connectivity index (χ2n) is 5.85. The number of rotatable bonds is 7. The van der Waals surface area contributed by atoms with Gasteiger partial charge >= 0.3 is 5.97 Å². The van der Waals surface area contributed by atoms with Gasteiger partial charge in [0, 0.05) is 0 Å². The van der Waals surface area contributed by atoms with E-state index in [-0.39, 0.29) is 12.3 Å². The zero-order chi connectivity index (χ0) is 18.4. The van der Waals surface area contributed by atoms with E-state index in [9.17, 15) is 9.00 Å². The van der Waals surface area contributed by atoms with Crippen molar-refractivity contribution in [3.63, 3.8) is 0 Å². The van der Waals surface area contributed by atoms with Crippen molar-refractivity contribution in [2.24, 2.45) is 5.92 Å². The topological polar surface area (TPSA) is 66.4 Å². The number of benzene rings is 1. The van der Waals surface area contributed by atoms with Crippen LogP contribution in [-0.2, 0) is 21.5 Å². The number of carbonyl (C=O) groups is 1. The summed E-state index contributed by atoms with van der Waals surface area (Å²) in [4.78, 5) is 11.1. The highest BCUT2D eigenvalue weighted by Crippen LogP contribution is 2.32. The lowest BCUT2D eigenvalue weighted by molar-refractivity contribution is -0.136. The number of hydrogen-bond acceptors (Lipinski definition) is 2. The fourth-order valence-electron chi connectivity index (χ4n) is 2.85. The molecule has 2 rings (SSSR count). The van der Waals surface area contributed by atoms with Crippen LogP contribution in [0.1, 0.15) is 24.5 Å². The molecule has 0 bridgehead atoms. The number of carboxylic acids is 1. The zero-order valence-corrected chi connectivity index (χ0v) is 15.3. The summed E-state index contributed by atoms with van der Waals surface area (Å²) in [6.07, 6.45) is 7.69. The Morgan fingerprint density at radius 2 is 2.12 bits per heavy atom. The normalized spacial score (nSPS) is 19.9. The first-order valence-electron chi connectivity index (χ1n) is 8.07. The second kappa shape index (κ2) is 8.74. The molecule has 1 aromatic carbocycles. The largest absolute Gasteiger partial charge is 0.481 e. The first kappa shape index (κ1) is 19.1. The van der Waals surface area contributed by atoms with Crippen LogP contribution in [0.3, 0.4) is 0 Å². The minimum Gasteiger partial charge on any atom is -0.481 e. The highest BCUT2D eigenvalue weighted by molar-refractivity contribution is 7.82. The van der Waals surface area contributed by atoms with Crippen molar-refractivity contribution < 1.29 is 14.1 Å². The van der Waals surface area contributed by atoms with Crippen molar-refractivity contribution in [2.45, 2.75) is 19.1 Å². The number of hydrogen-bond donors (Lipinski definition) is 2. The van der Waals surface area contributed by atoms with Crippen LogP contribution in [-0.4, -0.2) is 22.3 Å². The Hall–Kier alpha value is -2.24. The van der Waals surface area contributed by atoms with Crippen LogP contribution in [0.4, 0.5) is 0 Å². The summed E-state index contributed by atoms with van der Waals surface area (Å²) in [5, 5.41) is 9.12. The zero-order valence-electron chi connectivity index (χ0n) is 14.5. The van der Waals surface area contributed by atoms with Gasteiger partial charge in [0.25, 0.3) is 0 Å². The molecule has 2 unspecified atom stereocenters. The summed E-state index contributed by atoms with van der Waals surface area (Å²) in [6, 6.07) is 7.84. The summed E-state index contributed by atoms with van der Waals surface area (Å²) < 4.78 is 14.6. The monoisotopic (exact) mass is 357 g/mol. The minimum atomic E-state index is -1.13. The van der Waals surface area contributed by atoms with Gasteiger partial charge in [0.2, 0.25) is 0 Å². The summed E-state index contributed by atoms with van der Waals surface area (Å²) >= 11 is 0. The van der Waals surface area contributed by atoms with Crippen LogP contribution >= 0.6 is 0 Å². The van der Waals surface area contributed by atoms with Gasteiger partial charge in [-0.1, -0.05) is 62.1 Å². The molecule has 0 radical (unpaired) electrons. The van der Waals surface area contributed by atoms with Crippen molar-refractivity contribution in [3.8, 4) is 0 Å². The molecule has 0 spiro atoms. The number of allylic oxidation sites excluding steroid dienone is 6. The van der Waals surface area contributed by atoms with Crippen LogP contribution in [0, 0.1) is 5.92 Å². The summed E-state index contributed by atoms with van der Waals surface area (Å²) in [5.74, 6) is -0.339. The Morgan fingerprint density at radius 3 is 2.76 bits per heavy atom. The van der Waals surface area contributed by atoms with Crippen molar-refractivity contribution in [2.75, 3.05) is 7.05 Å². The van der Waals surface area contributed by atoms with E-state index in [0.29, 0.717) is 5.75 Å². The molecule has 4 nitrogen and oxygen atoms in total. The van der Waals surface area contributed by atoms with Crippen LogP contribution in [0.15, 0.2) is 66.3 Å². The average molecular weight is 357 g/mol. The van der Waals surface area contributed by atoms with E-state index in [4.69, 9.17) is 5.11 Å². The van der Waals surface area contributed by atoms with E-state index in [1.807, 2.05) is 43.3 Å². The van der Waals surface area contributed by atoms with Gasteiger partial charge in [-0.15, -0.1) is 0 Å². The molecular weight excluding hydrogens is 334 g/mol. The molecule has 0 aromatic heterocycles. The maximum Gasteiger partial charge on any atom is 0.307 e. The third-order valence-electron chi connectivity index (χ3n) is 4.17. The molecule has 1 aliphatic carbocycles. The Balaban J connectivity index is 2.49. The van der Waals surface area contributed by atoms with Crippen LogP contribution in [0.25, 0.3) is 5.57 Å². The van der Waals surface area contributed by atoms with Crippen molar-refractivity contribution in [1.82, 2.24) is 4.72 Å². The molecule has 1 aromatic rings. The fourth-order valence-corrected chi connectivity index (χ4v) is 3.53. The molecule has 0 saturated carbocycles. The van der Waals surface area contributed by atoms with Gasteiger partial charge in [0.1, 0.15) is 0 Å². The van der Waals surface area contributed by atoms with E-state index in [0.717, 1.165) is 27.8 Å². The van der Waals surface area contributed by atoms with E-state index < -0.39 is 17.0 Å².